The maximum absolute atomic E-state index is 3.78. The van der Waals surface area contributed by atoms with Crippen LogP contribution in [0.3, 0.4) is 0 Å². The molecule has 0 amide bonds. The average Bonchev–Trinajstić information content (AvgIpc) is 2.83. The molecule has 24 heavy (non-hydrogen) atoms. The predicted octanol–water partition coefficient (Wildman–Crippen LogP) is 4.77. The summed E-state index contributed by atoms with van der Waals surface area (Å²) in [7, 11) is 0. The normalized spacial score (nSPS) is 22.5. The third kappa shape index (κ3) is 2.22. The van der Waals surface area contributed by atoms with Crippen LogP contribution in [0.25, 0.3) is 21.9 Å². The molecule has 2 atom stereocenters. The Hall–Kier alpha value is -2.32. The molecule has 0 spiro atoms. The van der Waals surface area contributed by atoms with Crippen molar-refractivity contribution in [3.05, 3.63) is 66.2 Å². The van der Waals surface area contributed by atoms with Crippen molar-refractivity contribution in [3.63, 3.8) is 0 Å². The van der Waals surface area contributed by atoms with Crippen molar-refractivity contribution in [2.45, 2.75) is 24.8 Å². The minimum Gasteiger partial charge on any atom is -0.381 e. The van der Waals surface area contributed by atoms with Gasteiger partial charge in [-0.25, -0.2) is 0 Å². The lowest BCUT2D eigenvalue weighted by Crippen LogP contribution is -2.21. The third-order valence-corrected chi connectivity index (χ3v) is 5.63. The lowest BCUT2D eigenvalue weighted by Gasteiger charge is -2.18. The van der Waals surface area contributed by atoms with Gasteiger partial charge in [-0.3, -0.25) is 0 Å². The number of hydrogen-bond acceptors (Lipinski definition) is 2. The first-order chi connectivity index (χ1) is 11.9. The Balaban J connectivity index is 1.65. The molecule has 5 rings (SSSR count). The van der Waals surface area contributed by atoms with E-state index in [2.05, 4.69) is 71.3 Å². The van der Waals surface area contributed by atoms with E-state index in [-0.39, 0.29) is 0 Å². The van der Waals surface area contributed by atoms with Crippen molar-refractivity contribution in [1.29, 1.82) is 0 Å². The fourth-order valence-corrected chi connectivity index (χ4v) is 4.46. The first-order valence-electron chi connectivity index (χ1n) is 8.99. The number of rotatable bonds is 1. The van der Waals surface area contributed by atoms with Gasteiger partial charge in [0.2, 0.25) is 0 Å². The lowest BCUT2D eigenvalue weighted by molar-refractivity contribution is 0.579. The Labute approximate surface area is 142 Å². The van der Waals surface area contributed by atoms with Crippen molar-refractivity contribution < 1.29 is 0 Å². The maximum atomic E-state index is 3.78. The smallest absolute Gasteiger partial charge is 0.0384 e. The zero-order valence-electron chi connectivity index (χ0n) is 13.8. The third-order valence-electron chi connectivity index (χ3n) is 5.63. The van der Waals surface area contributed by atoms with Gasteiger partial charge in [0.05, 0.1) is 0 Å². The van der Waals surface area contributed by atoms with Crippen LogP contribution in [-0.4, -0.2) is 19.1 Å². The number of fused-ring (bicyclic) bond motifs is 4. The Morgan fingerprint density at radius 2 is 1.67 bits per heavy atom. The van der Waals surface area contributed by atoms with Crippen LogP contribution in [0.1, 0.15) is 24.3 Å². The lowest BCUT2D eigenvalue weighted by atomic mass is 9.85. The average molecular weight is 314 g/mol. The molecule has 120 valence electrons. The number of nitrogens with one attached hydrogen (secondary N) is 2. The van der Waals surface area contributed by atoms with Crippen molar-refractivity contribution in [1.82, 2.24) is 5.32 Å². The topological polar surface area (TPSA) is 24.1 Å². The Morgan fingerprint density at radius 1 is 0.792 bits per heavy atom. The van der Waals surface area contributed by atoms with Gasteiger partial charge >= 0.3 is 0 Å². The molecule has 1 fully saturated rings. The van der Waals surface area contributed by atoms with Crippen molar-refractivity contribution in [2.24, 2.45) is 0 Å². The van der Waals surface area contributed by atoms with E-state index in [0.29, 0.717) is 12.0 Å². The summed E-state index contributed by atoms with van der Waals surface area (Å²) in [6.45, 7) is 2.24. The molecular formula is C22H22N2. The molecule has 2 aliphatic rings. The Morgan fingerprint density at radius 3 is 2.62 bits per heavy atom. The molecule has 3 aromatic rings. The van der Waals surface area contributed by atoms with Gasteiger partial charge in [0.1, 0.15) is 0 Å². The van der Waals surface area contributed by atoms with E-state index in [4.69, 9.17) is 0 Å². The zero-order chi connectivity index (χ0) is 15.9. The molecule has 2 aliphatic heterocycles. The van der Waals surface area contributed by atoms with Crippen LogP contribution in [0, 0.1) is 0 Å². The molecule has 0 aromatic heterocycles. The first kappa shape index (κ1) is 14.1. The van der Waals surface area contributed by atoms with Gasteiger partial charge in [-0.05, 0) is 65.5 Å². The monoisotopic (exact) mass is 314 g/mol. The van der Waals surface area contributed by atoms with E-state index in [1.165, 1.54) is 46.0 Å². The summed E-state index contributed by atoms with van der Waals surface area (Å²) in [6.07, 6.45) is 2.42. The molecule has 2 heterocycles. The molecule has 0 unspecified atom stereocenters. The van der Waals surface area contributed by atoms with Crippen molar-refractivity contribution in [2.75, 3.05) is 18.4 Å². The molecule has 2 heteroatoms. The van der Waals surface area contributed by atoms with E-state index in [1.807, 2.05) is 0 Å². The summed E-state index contributed by atoms with van der Waals surface area (Å²) in [5, 5.41) is 9.96. The van der Waals surface area contributed by atoms with Gasteiger partial charge in [-0.15, -0.1) is 0 Å². The van der Waals surface area contributed by atoms with Crippen LogP contribution in [0.2, 0.25) is 0 Å². The summed E-state index contributed by atoms with van der Waals surface area (Å²) >= 11 is 0. The van der Waals surface area contributed by atoms with Gasteiger partial charge in [-0.1, -0.05) is 48.5 Å². The molecule has 0 aliphatic carbocycles. The van der Waals surface area contributed by atoms with Crippen LogP contribution in [0.5, 0.6) is 0 Å². The van der Waals surface area contributed by atoms with E-state index in [1.54, 1.807) is 0 Å². The van der Waals surface area contributed by atoms with Gasteiger partial charge in [0.15, 0.2) is 0 Å². The van der Waals surface area contributed by atoms with E-state index in [9.17, 15) is 0 Å². The van der Waals surface area contributed by atoms with Crippen LogP contribution in [-0.2, 0) is 0 Å². The maximum Gasteiger partial charge on any atom is 0.0384 e. The van der Waals surface area contributed by atoms with Gasteiger partial charge in [-0.2, -0.15) is 0 Å². The summed E-state index contributed by atoms with van der Waals surface area (Å²) in [4.78, 5) is 0. The zero-order valence-corrected chi connectivity index (χ0v) is 13.8. The molecule has 0 saturated carbocycles. The largest absolute Gasteiger partial charge is 0.381 e. The van der Waals surface area contributed by atoms with E-state index in [0.717, 1.165) is 13.1 Å². The van der Waals surface area contributed by atoms with Crippen LogP contribution in [0.15, 0.2) is 60.7 Å². The quantitative estimate of drug-likeness (QED) is 0.676. The molecule has 1 saturated heterocycles. The first-order valence-corrected chi connectivity index (χ1v) is 8.99. The molecule has 2 nitrogen and oxygen atoms in total. The highest BCUT2D eigenvalue weighted by atomic mass is 15.0. The predicted molar refractivity (Wildman–Crippen MR) is 102 cm³/mol. The number of anilines is 1. The molecule has 0 radical (unpaired) electrons. The summed E-state index contributed by atoms with van der Waals surface area (Å²) in [5.74, 6) is 0.623. The Bertz CT molecular complexity index is 899. The number of hydrogen-bond donors (Lipinski definition) is 2. The van der Waals surface area contributed by atoms with Gasteiger partial charge < -0.3 is 10.6 Å². The summed E-state index contributed by atoms with van der Waals surface area (Å²) < 4.78 is 0. The molecule has 3 aromatic carbocycles. The highest BCUT2D eigenvalue weighted by molar-refractivity contribution is 5.89. The minimum atomic E-state index is 0.580. The van der Waals surface area contributed by atoms with Crippen molar-refractivity contribution in [3.8, 4) is 11.1 Å². The summed E-state index contributed by atoms with van der Waals surface area (Å²) in [6, 6.07) is 22.8. The highest BCUT2D eigenvalue weighted by Crippen LogP contribution is 2.45. The minimum absolute atomic E-state index is 0.580. The SMILES string of the molecule is c1cc2c(c(-c3ccc4ccccc4c3)c1)[C@H]1CCNCC[C@@H]1N2. The molecular weight excluding hydrogens is 292 g/mol. The second kappa shape index (κ2) is 5.64. The highest BCUT2D eigenvalue weighted by Gasteiger charge is 2.34. The Kier molecular flexibility index (Phi) is 3.30. The van der Waals surface area contributed by atoms with Crippen molar-refractivity contribution >= 4 is 16.5 Å². The second-order valence-corrected chi connectivity index (χ2v) is 7.01. The van der Waals surface area contributed by atoms with Crippen LogP contribution in [0.4, 0.5) is 5.69 Å². The molecule has 0 bridgehead atoms. The fraction of sp³-hybridized carbons (Fsp3) is 0.273. The standard InChI is InChI=1S/C22H22N2/c1-2-5-16-14-17(9-8-15(16)4-1)18-6-3-7-21-22(18)19-10-12-23-13-11-20(19)24-21/h1-9,14,19-20,23-24H,10-13H2/t19-,20-/m0/s1. The number of benzene rings is 3. The summed E-state index contributed by atoms with van der Waals surface area (Å²) in [5.41, 5.74) is 5.62. The van der Waals surface area contributed by atoms with E-state index >= 15 is 0 Å². The van der Waals surface area contributed by atoms with Gasteiger partial charge in [0.25, 0.3) is 0 Å². The van der Waals surface area contributed by atoms with Crippen LogP contribution >= 0.6 is 0 Å². The fourth-order valence-electron chi connectivity index (χ4n) is 4.46. The molecule has 2 N–H and O–H groups in total. The second-order valence-electron chi connectivity index (χ2n) is 7.01. The van der Waals surface area contributed by atoms with Crippen LogP contribution < -0.4 is 10.6 Å². The van der Waals surface area contributed by atoms with E-state index < -0.39 is 0 Å². The van der Waals surface area contributed by atoms with Gasteiger partial charge in [0, 0.05) is 17.6 Å².